The van der Waals surface area contributed by atoms with E-state index in [9.17, 15) is 9.59 Å². The van der Waals surface area contributed by atoms with Gasteiger partial charge < -0.3 is 20.4 Å². The van der Waals surface area contributed by atoms with Gasteiger partial charge in [-0.3, -0.25) is 9.59 Å². The molecule has 34 heavy (non-hydrogen) atoms. The molecule has 0 unspecified atom stereocenters. The van der Waals surface area contributed by atoms with Crippen molar-refractivity contribution in [3.63, 3.8) is 0 Å². The Hall–Kier alpha value is -3.12. The van der Waals surface area contributed by atoms with Crippen LogP contribution in [0.25, 0.3) is 0 Å². The van der Waals surface area contributed by atoms with E-state index in [1.54, 1.807) is 0 Å². The zero-order valence-electron chi connectivity index (χ0n) is 20.7. The van der Waals surface area contributed by atoms with Crippen LogP contribution >= 0.6 is 0 Å². The first-order chi connectivity index (χ1) is 16.2. The highest BCUT2D eigenvalue weighted by molar-refractivity contribution is 6.01. The standard InChI is InChI=1S/C28H36N4O2/c1-28(2)17-22-26(24(33)18-28)27(20-11-6-5-7-12-20)32(23-14-9-8-13-21(23)30-22)19-25(34)29-15-10-16-31(3)4/h5-9,11-14,27,30H,10,15-19H2,1-4H3,(H,29,34)/t27-/m1/s1. The molecular formula is C28H36N4O2. The molecule has 0 aromatic heterocycles. The van der Waals surface area contributed by atoms with Crippen LogP contribution in [0.15, 0.2) is 65.9 Å². The Labute approximate surface area is 203 Å². The molecule has 0 radical (unpaired) electrons. The number of amides is 1. The van der Waals surface area contributed by atoms with Gasteiger partial charge in [-0.25, -0.2) is 0 Å². The minimum atomic E-state index is -0.330. The fourth-order valence-corrected chi connectivity index (χ4v) is 5.04. The monoisotopic (exact) mass is 460 g/mol. The third-order valence-electron chi connectivity index (χ3n) is 6.54. The van der Waals surface area contributed by atoms with Gasteiger partial charge in [0.05, 0.1) is 24.0 Å². The van der Waals surface area contributed by atoms with Crippen molar-refractivity contribution in [3.8, 4) is 0 Å². The number of hydrogen-bond donors (Lipinski definition) is 2. The molecule has 1 aliphatic carbocycles. The van der Waals surface area contributed by atoms with Crippen molar-refractivity contribution in [1.82, 2.24) is 10.2 Å². The fraction of sp³-hybridized carbons (Fsp3) is 0.429. The summed E-state index contributed by atoms with van der Waals surface area (Å²) in [6.45, 7) is 6.01. The lowest BCUT2D eigenvalue weighted by Gasteiger charge is -2.37. The number of fused-ring (bicyclic) bond motifs is 1. The Morgan fingerprint density at radius 3 is 2.53 bits per heavy atom. The molecule has 0 bridgehead atoms. The summed E-state index contributed by atoms with van der Waals surface area (Å²) in [6, 6.07) is 17.8. The number of Topliss-reactive ketones (excluding diaryl/α,β-unsaturated/α-hetero) is 1. The van der Waals surface area contributed by atoms with Crippen molar-refractivity contribution < 1.29 is 9.59 Å². The average molecular weight is 461 g/mol. The molecule has 0 saturated heterocycles. The Balaban J connectivity index is 1.75. The molecule has 1 amide bonds. The van der Waals surface area contributed by atoms with Gasteiger partial charge in [0, 0.05) is 24.2 Å². The summed E-state index contributed by atoms with van der Waals surface area (Å²) in [5.41, 5.74) is 4.51. The fourth-order valence-electron chi connectivity index (χ4n) is 5.04. The highest BCUT2D eigenvalue weighted by Gasteiger charge is 2.41. The van der Waals surface area contributed by atoms with E-state index < -0.39 is 0 Å². The van der Waals surface area contributed by atoms with E-state index >= 15 is 0 Å². The molecule has 2 aromatic carbocycles. The van der Waals surface area contributed by atoms with Gasteiger partial charge in [0.2, 0.25) is 5.91 Å². The summed E-state index contributed by atoms with van der Waals surface area (Å²) >= 11 is 0. The number of hydrogen-bond acceptors (Lipinski definition) is 5. The number of anilines is 2. The maximum Gasteiger partial charge on any atom is 0.239 e. The summed E-state index contributed by atoms with van der Waals surface area (Å²) in [6.07, 6.45) is 2.18. The molecule has 0 saturated carbocycles. The normalized spacial score (nSPS) is 19.3. The minimum Gasteiger partial charge on any atom is -0.357 e. The lowest BCUT2D eigenvalue weighted by Crippen LogP contribution is -2.42. The van der Waals surface area contributed by atoms with E-state index in [4.69, 9.17) is 0 Å². The second-order valence-electron chi connectivity index (χ2n) is 10.4. The Bertz CT molecular complexity index is 1070. The SMILES string of the molecule is CN(C)CCCNC(=O)CN1c2ccccc2NC2=C(C(=O)CC(C)(C)C2)[C@H]1c1ccccc1. The van der Waals surface area contributed by atoms with Crippen LogP contribution in [0.3, 0.4) is 0 Å². The molecule has 6 nitrogen and oxygen atoms in total. The van der Waals surface area contributed by atoms with Crippen molar-refractivity contribution in [2.24, 2.45) is 5.41 Å². The predicted octanol–water partition coefficient (Wildman–Crippen LogP) is 4.37. The molecule has 1 aliphatic heterocycles. The van der Waals surface area contributed by atoms with E-state index in [-0.39, 0.29) is 29.7 Å². The first-order valence-electron chi connectivity index (χ1n) is 12.1. The van der Waals surface area contributed by atoms with Gasteiger partial charge >= 0.3 is 0 Å². The van der Waals surface area contributed by atoms with E-state index in [1.807, 2.05) is 56.6 Å². The number of carbonyl (C=O) groups is 2. The van der Waals surface area contributed by atoms with Crippen molar-refractivity contribution in [1.29, 1.82) is 0 Å². The summed E-state index contributed by atoms with van der Waals surface area (Å²) in [4.78, 5) is 30.9. The van der Waals surface area contributed by atoms with Gasteiger partial charge in [-0.2, -0.15) is 0 Å². The van der Waals surface area contributed by atoms with Crippen molar-refractivity contribution in [2.75, 3.05) is 43.9 Å². The smallest absolute Gasteiger partial charge is 0.239 e. The van der Waals surface area contributed by atoms with Crippen LogP contribution < -0.4 is 15.5 Å². The summed E-state index contributed by atoms with van der Waals surface area (Å²) in [5.74, 6) is 0.110. The van der Waals surface area contributed by atoms with Crippen molar-refractivity contribution in [2.45, 2.75) is 39.2 Å². The van der Waals surface area contributed by atoms with Gasteiger partial charge in [-0.05, 0) is 56.6 Å². The first-order valence-corrected chi connectivity index (χ1v) is 12.1. The van der Waals surface area contributed by atoms with E-state index in [1.165, 1.54) is 0 Å². The first kappa shape index (κ1) is 24.0. The van der Waals surface area contributed by atoms with E-state index in [0.717, 1.165) is 47.6 Å². The Morgan fingerprint density at radius 2 is 1.79 bits per heavy atom. The quantitative estimate of drug-likeness (QED) is 0.601. The second-order valence-corrected chi connectivity index (χ2v) is 10.4. The molecule has 6 heteroatoms. The third kappa shape index (κ3) is 5.33. The number of rotatable bonds is 7. The van der Waals surface area contributed by atoms with E-state index in [0.29, 0.717) is 13.0 Å². The summed E-state index contributed by atoms with van der Waals surface area (Å²) in [5, 5.41) is 6.67. The molecule has 2 N–H and O–H groups in total. The van der Waals surface area contributed by atoms with Gasteiger partial charge in [0.1, 0.15) is 0 Å². The van der Waals surface area contributed by atoms with Crippen LogP contribution in [0.5, 0.6) is 0 Å². The van der Waals surface area contributed by atoms with Gasteiger partial charge in [0.15, 0.2) is 5.78 Å². The van der Waals surface area contributed by atoms with Gasteiger partial charge in [-0.1, -0.05) is 56.3 Å². The van der Waals surface area contributed by atoms with Crippen LogP contribution in [-0.2, 0) is 9.59 Å². The van der Waals surface area contributed by atoms with Crippen LogP contribution in [0, 0.1) is 5.41 Å². The highest BCUT2D eigenvalue weighted by Crippen LogP contribution is 2.48. The predicted molar refractivity (Wildman–Crippen MR) is 138 cm³/mol. The largest absolute Gasteiger partial charge is 0.357 e. The number of carbonyl (C=O) groups excluding carboxylic acids is 2. The van der Waals surface area contributed by atoms with Crippen LogP contribution in [0.2, 0.25) is 0 Å². The lowest BCUT2D eigenvalue weighted by atomic mass is 9.73. The Kier molecular flexibility index (Phi) is 7.08. The van der Waals surface area contributed by atoms with Crippen LogP contribution in [0.1, 0.15) is 44.7 Å². The highest BCUT2D eigenvalue weighted by atomic mass is 16.2. The molecule has 2 aromatic rings. The molecule has 180 valence electrons. The number of para-hydroxylation sites is 2. The zero-order chi connectivity index (χ0) is 24.3. The number of benzene rings is 2. The van der Waals surface area contributed by atoms with Crippen molar-refractivity contribution in [3.05, 3.63) is 71.4 Å². The molecule has 0 fully saturated rings. The Morgan fingerprint density at radius 1 is 1.09 bits per heavy atom. The maximum absolute atomic E-state index is 13.6. The molecule has 4 rings (SSSR count). The van der Waals surface area contributed by atoms with E-state index in [2.05, 4.69) is 46.4 Å². The second kappa shape index (κ2) is 10.0. The molecule has 1 atom stereocenters. The average Bonchev–Trinajstić information content (AvgIpc) is 2.91. The molecular weight excluding hydrogens is 424 g/mol. The minimum absolute atomic E-state index is 0.0397. The van der Waals surface area contributed by atoms with Crippen LogP contribution in [-0.4, -0.2) is 50.3 Å². The lowest BCUT2D eigenvalue weighted by molar-refractivity contribution is -0.120. The van der Waals surface area contributed by atoms with Crippen molar-refractivity contribution >= 4 is 23.1 Å². The number of nitrogens with one attached hydrogen (secondary N) is 2. The topological polar surface area (TPSA) is 64.7 Å². The number of ketones is 1. The zero-order valence-corrected chi connectivity index (χ0v) is 20.7. The van der Waals surface area contributed by atoms with Gasteiger partial charge in [0.25, 0.3) is 0 Å². The number of allylic oxidation sites excluding steroid dienone is 1. The van der Waals surface area contributed by atoms with Crippen LogP contribution in [0.4, 0.5) is 11.4 Å². The number of nitrogens with zero attached hydrogens (tertiary/aromatic N) is 2. The maximum atomic E-state index is 13.6. The molecule has 2 aliphatic rings. The molecule has 1 heterocycles. The summed E-state index contributed by atoms with van der Waals surface area (Å²) < 4.78 is 0. The summed E-state index contributed by atoms with van der Waals surface area (Å²) in [7, 11) is 4.06. The third-order valence-corrected chi connectivity index (χ3v) is 6.54. The van der Waals surface area contributed by atoms with Gasteiger partial charge in [-0.15, -0.1) is 0 Å². The molecule has 0 spiro atoms.